The molecule has 1 rings (SSSR count). The lowest BCUT2D eigenvalue weighted by molar-refractivity contribution is 0.621. The third-order valence-electron chi connectivity index (χ3n) is 2.64. The summed E-state index contributed by atoms with van der Waals surface area (Å²) in [6, 6.07) is 6.74. The van der Waals surface area contributed by atoms with Crippen LogP contribution in [0.5, 0.6) is 0 Å². The molecule has 0 radical (unpaired) electrons. The Labute approximate surface area is 87.3 Å². The lowest BCUT2D eigenvalue weighted by Crippen LogP contribution is -2.12. The fraction of sp³-hybridized carbons (Fsp3) is 0.538. The van der Waals surface area contributed by atoms with Gasteiger partial charge in [-0.05, 0) is 38.3 Å². The van der Waals surface area contributed by atoms with E-state index in [9.17, 15) is 0 Å². The maximum atomic E-state index is 5.79. The van der Waals surface area contributed by atoms with E-state index >= 15 is 0 Å². The molecule has 1 atom stereocenters. The van der Waals surface area contributed by atoms with E-state index in [0.29, 0.717) is 5.92 Å². The van der Waals surface area contributed by atoms with Gasteiger partial charge in [-0.25, -0.2) is 0 Å². The quantitative estimate of drug-likeness (QED) is 0.777. The highest BCUT2D eigenvalue weighted by Gasteiger charge is 2.08. The monoisotopic (exact) mass is 191 g/mol. The molecule has 0 aliphatic rings. The van der Waals surface area contributed by atoms with Crippen molar-refractivity contribution in [3.63, 3.8) is 0 Å². The Morgan fingerprint density at radius 3 is 2.14 bits per heavy atom. The average Bonchev–Trinajstić information content (AvgIpc) is 2.12. The standard InChI is InChI=1S/C13H21N/c1-4-5-12(9-14)13-7-10(2)6-11(3)8-13/h6-8,12H,4-5,9,14H2,1-3H3. The molecule has 14 heavy (non-hydrogen) atoms. The molecular formula is C13H21N. The summed E-state index contributed by atoms with van der Waals surface area (Å²) < 4.78 is 0. The topological polar surface area (TPSA) is 26.0 Å². The minimum atomic E-state index is 0.540. The molecule has 0 saturated carbocycles. The zero-order valence-electron chi connectivity index (χ0n) is 9.51. The Kier molecular flexibility index (Phi) is 4.15. The summed E-state index contributed by atoms with van der Waals surface area (Å²) in [6.45, 7) is 7.27. The number of benzene rings is 1. The SMILES string of the molecule is CCCC(CN)c1cc(C)cc(C)c1. The van der Waals surface area contributed by atoms with Gasteiger partial charge in [-0.3, -0.25) is 0 Å². The fourth-order valence-electron chi connectivity index (χ4n) is 2.01. The van der Waals surface area contributed by atoms with E-state index < -0.39 is 0 Å². The van der Waals surface area contributed by atoms with Gasteiger partial charge in [0.2, 0.25) is 0 Å². The van der Waals surface area contributed by atoms with Crippen LogP contribution in [0.3, 0.4) is 0 Å². The summed E-state index contributed by atoms with van der Waals surface area (Å²) in [5.74, 6) is 0.540. The van der Waals surface area contributed by atoms with Crippen molar-refractivity contribution < 1.29 is 0 Å². The minimum absolute atomic E-state index is 0.540. The van der Waals surface area contributed by atoms with Gasteiger partial charge in [0.25, 0.3) is 0 Å². The first-order chi connectivity index (χ1) is 6.67. The molecule has 0 amide bonds. The Hall–Kier alpha value is -0.820. The number of rotatable bonds is 4. The van der Waals surface area contributed by atoms with Crippen LogP contribution in [0.15, 0.2) is 18.2 Å². The maximum Gasteiger partial charge on any atom is -0.000824 e. The molecule has 0 bridgehead atoms. The van der Waals surface area contributed by atoms with E-state index in [1.165, 1.54) is 29.5 Å². The van der Waals surface area contributed by atoms with Gasteiger partial charge >= 0.3 is 0 Å². The molecule has 0 aliphatic carbocycles. The van der Waals surface area contributed by atoms with Crippen molar-refractivity contribution in [3.05, 3.63) is 34.9 Å². The van der Waals surface area contributed by atoms with E-state index in [0.717, 1.165) is 6.54 Å². The van der Waals surface area contributed by atoms with Crippen LogP contribution in [0, 0.1) is 13.8 Å². The highest BCUT2D eigenvalue weighted by molar-refractivity contribution is 5.31. The van der Waals surface area contributed by atoms with Crippen molar-refractivity contribution in [2.75, 3.05) is 6.54 Å². The Balaban J connectivity index is 2.91. The van der Waals surface area contributed by atoms with E-state index in [2.05, 4.69) is 39.0 Å². The summed E-state index contributed by atoms with van der Waals surface area (Å²) in [6.07, 6.45) is 2.40. The molecule has 0 saturated heterocycles. The van der Waals surface area contributed by atoms with Crippen molar-refractivity contribution in [3.8, 4) is 0 Å². The highest BCUT2D eigenvalue weighted by atomic mass is 14.5. The van der Waals surface area contributed by atoms with Crippen LogP contribution >= 0.6 is 0 Å². The smallest absolute Gasteiger partial charge is 0.000824 e. The second kappa shape index (κ2) is 5.16. The molecule has 1 heteroatoms. The van der Waals surface area contributed by atoms with Crippen molar-refractivity contribution in [2.45, 2.75) is 39.5 Å². The third kappa shape index (κ3) is 2.85. The Bertz CT molecular complexity index is 271. The molecule has 0 aromatic heterocycles. The van der Waals surface area contributed by atoms with Gasteiger partial charge < -0.3 is 5.73 Å². The molecule has 1 nitrogen and oxygen atoms in total. The van der Waals surface area contributed by atoms with Crippen LogP contribution in [0.2, 0.25) is 0 Å². The first-order valence-electron chi connectivity index (χ1n) is 5.45. The van der Waals surface area contributed by atoms with E-state index in [1.807, 2.05) is 0 Å². The summed E-state index contributed by atoms with van der Waals surface area (Å²) in [7, 11) is 0. The number of aryl methyl sites for hydroxylation is 2. The fourth-order valence-corrected chi connectivity index (χ4v) is 2.01. The van der Waals surface area contributed by atoms with Crippen molar-refractivity contribution >= 4 is 0 Å². The van der Waals surface area contributed by atoms with Gasteiger partial charge in [0.05, 0.1) is 0 Å². The van der Waals surface area contributed by atoms with Crippen LogP contribution in [0.4, 0.5) is 0 Å². The number of nitrogens with two attached hydrogens (primary N) is 1. The lowest BCUT2D eigenvalue weighted by atomic mass is 9.92. The molecule has 0 fully saturated rings. The lowest BCUT2D eigenvalue weighted by Gasteiger charge is -2.15. The maximum absolute atomic E-state index is 5.79. The van der Waals surface area contributed by atoms with Gasteiger partial charge in [-0.1, -0.05) is 42.7 Å². The molecule has 78 valence electrons. The number of hydrogen-bond acceptors (Lipinski definition) is 1. The molecule has 1 unspecified atom stereocenters. The minimum Gasteiger partial charge on any atom is -0.330 e. The van der Waals surface area contributed by atoms with Gasteiger partial charge in [0, 0.05) is 0 Å². The van der Waals surface area contributed by atoms with Crippen molar-refractivity contribution in [1.82, 2.24) is 0 Å². The van der Waals surface area contributed by atoms with Crippen molar-refractivity contribution in [2.24, 2.45) is 5.73 Å². The first-order valence-corrected chi connectivity index (χ1v) is 5.45. The summed E-state index contributed by atoms with van der Waals surface area (Å²) in [5.41, 5.74) is 9.88. The average molecular weight is 191 g/mol. The van der Waals surface area contributed by atoms with E-state index in [1.54, 1.807) is 0 Å². The second-order valence-electron chi connectivity index (χ2n) is 4.14. The zero-order valence-corrected chi connectivity index (χ0v) is 9.51. The molecular weight excluding hydrogens is 170 g/mol. The van der Waals surface area contributed by atoms with Crippen molar-refractivity contribution in [1.29, 1.82) is 0 Å². The largest absolute Gasteiger partial charge is 0.330 e. The van der Waals surface area contributed by atoms with Crippen LogP contribution in [-0.4, -0.2) is 6.54 Å². The van der Waals surface area contributed by atoms with Gasteiger partial charge in [0.15, 0.2) is 0 Å². The summed E-state index contributed by atoms with van der Waals surface area (Å²) in [4.78, 5) is 0. The van der Waals surface area contributed by atoms with Gasteiger partial charge in [-0.15, -0.1) is 0 Å². The molecule has 0 heterocycles. The summed E-state index contributed by atoms with van der Waals surface area (Å²) in [5, 5.41) is 0. The van der Waals surface area contributed by atoms with Gasteiger partial charge in [-0.2, -0.15) is 0 Å². The van der Waals surface area contributed by atoms with E-state index in [-0.39, 0.29) is 0 Å². The molecule has 0 aliphatic heterocycles. The van der Waals surface area contributed by atoms with Crippen LogP contribution in [0.1, 0.15) is 42.4 Å². The predicted molar refractivity (Wildman–Crippen MR) is 62.6 cm³/mol. The Morgan fingerprint density at radius 2 is 1.71 bits per heavy atom. The molecule has 0 spiro atoms. The van der Waals surface area contributed by atoms with Gasteiger partial charge in [0.1, 0.15) is 0 Å². The second-order valence-corrected chi connectivity index (χ2v) is 4.14. The highest BCUT2D eigenvalue weighted by Crippen LogP contribution is 2.22. The zero-order chi connectivity index (χ0) is 10.6. The number of hydrogen-bond donors (Lipinski definition) is 1. The van der Waals surface area contributed by atoms with Crippen LogP contribution < -0.4 is 5.73 Å². The van der Waals surface area contributed by atoms with Crippen LogP contribution in [-0.2, 0) is 0 Å². The third-order valence-corrected chi connectivity index (χ3v) is 2.64. The van der Waals surface area contributed by atoms with Crippen LogP contribution in [0.25, 0.3) is 0 Å². The summed E-state index contributed by atoms with van der Waals surface area (Å²) >= 11 is 0. The molecule has 2 N–H and O–H groups in total. The predicted octanol–water partition coefficient (Wildman–Crippen LogP) is 3.15. The Morgan fingerprint density at radius 1 is 1.14 bits per heavy atom. The molecule has 1 aromatic carbocycles. The van der Waals surface area contributed by atoms with E-state index in [4.69, 9.17) is 5.73 Å². The normalized spacial score (nSPS) is 12.9. The molecule has 1 aromatic rings. The first kappa shape index (κ1) is 11.3.